The summed E-state index contributed by atoms with van der Waals surface area (Å²) in [5.41, 5.74) is 1.06. The van der Waals surface area contributed by atoms with Crippen molar-refractivity contribution in [2.24, 2.45) is 0 Å². The Morgan fingerprint density at radius 3 is 2.72 bits per heavy atom. The lowest BCUT2D eigenvalue weighted by atomic mass is 10.3. The van der Waals surface area contributed by atoms with Gasteiger partial charge in [0.15, 0.2) is 0 Å². The molecule has 1 aromatic rings. The molecular weight excluding hydrogens is 252 g/mol. The molecule has 0 spiro atoms. The summed E-state index contributed by atoms with van der Waals surface area (Å²) in [6, 6.07) is 3.13. The number of sulfonamides is 1. The average Bonchev–Trinajstić information content (AvgIpc) is 2.74. The van der Waals surface area contributed by atoms with Crippen molar-refractivity contribution in [3.05, 3.63) is 29.5 Å². The zero-order valence-electron chi connectivity index (χ0n) is 11.0. The Bertz CT molecular complexity index is 499. The minimum Gasteiger partial charge on any atom is -0.447 e. The third kappa shape index (κ3) is 4.64. The maximum atomic E-state index is 11.8. The van der Waals surface area contributed by atoms with Crippen LogP contribution in [0.25, 0.3) is 0 Å². The highest BCUT2D eigenvalue weighted by molar-refractivity contribution is 7.89. The first-order chi connectivity index (χ1) is 8.45. The first kappa shape index (κ1) is 14.9. The van der Waals surface area contributed by atoms with Gasteiger partial charge in [-0.1, -0.05) is 18.6 Å². The molecule has 18 heavy (non-hydrogen) atoms. The molecule has 0 radical (unpaired) electrons. The minimum absolute atomic E-state index is 0.0439. The number of hydrogen-bond donors (Lipinski definition) is 2. The van der Waals surface area contributed by atoms with Crippen molar-refractivity contribution in [3.63, 3.8) is 0 Å². The van der Waals surface area contributed by atoms with E-state index in [1.165, 1.54) is 6.07 Å². The van der Waals surface area contributed by atoms with Crippen LogP contribution in [0.4, 0.5) is 0 Å². The van der Waals surface area contributed by atoms with Gasteiger partial charge in [-0.15, -0.1) is 0 Å². The standard InChI is InChI=1S/C12H20N2O3S/c1-4-13-9-11-5-6-12(17-11)18(15,16)14-8-7-10(2)3/h5-7,13-14H,4,8-9H2,1-3H3. The van der Waals surface area contributed by atoms with Crippen molar-refractivity contribution in [1.82, 2.24) is 10.0 Å². The van der Waals surface area contributed by atoms with E-state index in [0.29, 0.717) is 12.3 Å². The number of allylic oxidation sites excluding steroid dienone is 1. The molecule has 0 saturated carbocycles. The molecule has 1 aromatic heterocycles. The van der Waals surface area contributed by atoms with Gasteiger partial charge < -0.3 is 9.73 Å². The van der Waals surface area contributed by atoms with E-state index in [2.05, 4.69) is 10.0 Å². The molecule has 0 aliphatic heterocycles. The monoisotopic (exact) mass is 272 g/mol. The number of rotatable bonds is 7. The van der Waals surface area contributed by atoms with Gasteiger partial charge in [-0.2, -0.15) is 0 Å². The molecule has 1 heterocycles. The Labute approximate surface area is 108 Å². The molecule has 5 nitrogen and oxygen atoms in total. The van der Waals surface area contributed by atoms with Gasteiger partial charge in [0.25, 0.3) is 10.0 Å². The average molecular weight is 272 g/mol. The van der Waals surface area contributed by atoms with Crippen LogP contribution in [-0.4, -0.2) is 21.5 Å². The number of hydrogen-bond acceptors (Lipinski definition) is 4. The van der Waals surface area contributed by atoms with E-state index in [-0.39, 0.29) is 11.6 Å². The van der Waals surface area contributed by atoms with Crippen LogP contribution in [0.2, 0.25) is 0 Å². The quantitative estimate of drug-likeness (QED) is 0.740. The van der Waals surface area contributed by atoms with Crippen LogP contribution in [0.5, 0.6) is 0 Å². The highest BCUT2D eigenvalue weighted by Crippen LogP contribution is 2.13. The van der Waals surface area contributed by atoms with Crippen LogP contribution in [0.3, 0.4) is 0 Å². The number of furan rings is 1. The minimum atomic E-state index is -3.55. The Hall–Kier alpha value is -1.11. The van der Waals surface area contributed by atoms with Gasteiger partial charge in [-0.25, -0.2) is 13.1 Å². The second-order valence-electron chi connectivity index (χ2n) is 4.13. The van der Waals surface area contributed by atoms with Crippen molar-refractivity contribution in [2.75, 3.05) is 13.1 Å². The van der Waals surface area contributed by atoms with Gasteiger partial charge in [0.2, 0.25) is 5.09 Å². The second-order valence-corrected chi connectivity index (χ2v) is 5.83. The molecule has 0 atom stereocenters. The maximum Gasteiger partial charge on any atom is 0.274 e. The molecule has 0 aromatic carbocycles. The summed E-state index contributed by atoms with van der Waals surface area (Å²) in [7, 11) is -3.55. The van der Waals surface area contributed by atoms with Crippen molar-refractivity contribution in [3.8, 4) is 0 Å². The van der Waals surface area contributed by atoms with Crippen molar-refractivity contribution in [1.29, 1.82) is 0 Å². The molecule has 0 aliphatic rings. The van der Waals surface area contributed by atoms with Crippen LogP contribution in [0.15, 0.2) is 33.3 Å². The summed E-state index contributed by atoms with van der Waals surface area (Å²) >= 11 is 0. The summed E-state index contributed by atoms with van der Waals surface area (Å²) in [6.07, 6.45) is 1.81. The van der Waals surface area contributed by atoms with Crippen LogP contribution in [0.1, 0.15) is 26.5 Å². The van der Waals surface area contributed by atoms with E-state index in [4.69, 9.17) is 4.42 Å². The summed E-state index contributed by atoms with van der Waals surface area (Å²) in [6.45, 7) is 7.41. The van der Waals surface area contributed by atoms with E-state index in [0.717, 1.165) is 12.1 Å². The fourth-order valence-corrected chi connectivity index (χ4v) is 2.18. The highest BCUT2D eigenvalue weighted by Gasteiger charge is 2.17. The van der Waals surface area contributed by atoms with Gasteiger partial charge in [-0.05, 0) is 32.5 Å². The van der Waals surface area contributed by atoms with E-state index in [1.54, 1.807) is 12.1 Å². The fraction of sp³-hybridized carbons (Fsp3) is 0.500. The molecule has 1 rings (SSSR count). The van der Waals surface area contributed by atoms with Gasteiger partial charge in [0.1, 0.15) is 5.76 Å². The lowest BCUT2D eigenvalue weighted by Gasteiger charge is -2.01. The van der Waals surface area contributed by atoms with Crippen molar-refractivity contribution in [2.45, 2.75) is 32.4 Å². The lowest BCUT2D eigenvalue weighted by Crippen LogP contribution is -2.23. The molecule has 0 amide bonds. The van der Waals surface area contributed by atoms with Gasteiger partial charge >= 0.3 is 0 Å². The summed E-state index contributed by atoms with van der Waals surface area (Å²) < 4.78 is 31.4. The molecule has 0 bridgehead atoms. The number of nitrogens with one attached hydrogen (secondary N) is 2. The maximum absolute atomic E-state index is 11.8. The lowest BCUT2D eigenvalue weighted by molar-refractivity contribution is 0.402. The molecular formula is C12H20N2O3S. The van der Waals surface area contributed by atoms with Gasteiger partial charge in [0.05, 0.1) is 6.54 Å². The zero-order chi connectivity index (χ0) is 13.6. The van der Waals surface area contributed by atoms with Crippen molar-refractivity contribution >= 4 is 10.0 Å². The fourth-order valence-electron chi connectivity index (χ4n) is 1.27. The van der Waals surface area contributed by atoms with Crippen LogP contribution in [-0.2, 0) is 16.6 Å². The predicted molar refractivity (Wildman–Crippen MR) is 70.7 cm³/mol. The molecule has 0 unspecified atom stereocenters. The third-order valence-corrected chi connectivity index (χ3v) is 3.53. The Balaban J connectivity index is 2.67. The SMILES string of the molecule is CCNCc1ccc(S(=O)(=O)NCC=C(C)C)o1. The van der Waals surface area contributed by atoms with Gasteiger partial charge in [-0.3, -0.25) is 0 Å². The second kappa shape index (κ2) is 6.72. The van der Waals surface area contributed by atoms with E-state index in [9.17, 15) is 8.42 Å². The predicted octanol–water partition coefficient (Wildman–Crippen LogP) is 1.63. The first-order valence-electron chi connectivity index (χ1n) is 5.88. The first-order valence-corrected chi connectivity index (χ1v) is 7.36. The largest absolute Gasteiger partial charge is 0.447 e. The summed E-state index contributed by atoms with van der Waals surface area (Å²) in [5.74, 6) is 0.611. The Kier molecular flexibility index (Phi) is 5.58. The molecule has 0 aliphatic carbocycles. The van der Waals surface area contributed by atoms with E-state index < -0.39 is 10.0 Å². The third-order valence-electron chi connectivity index (χ3n) is 2.23. The Morgan fingerprint density at radius 1 is 1.39 bits per heavy atom. The molecule has 6 heteroatoms. The normalized spacial score (nSPS) is 11.5. The summed E-state index contributed by atoms with van der Waals surface area (Å²) in [4.78, 5) is 0. The molecule has 0 fully saturated rings. The molecule has 2 N–H and O–H groups in total. The van der Waals surface area contributed by atoms with E-state index in [1.807, 2.05) is 20.8 Å². The zero-order valence-corrected chi connectivity index (χ0v) is 11.8. The van der Waals surface area contributed by atoms with Crippen LogP contribution in [0, 0.1) is 0 Å². The van der Waals surface area contributed by atoms with E-state index >= 15 is 0 Å². The summed E-state index contributed by atoms with van der Waals surface area (Å²) in [5, 5.41) is 3.03. The molecule has 102 valence electrons. The van der Waals surface area contributed by atoms with Crippen molar-refractivity contribution < 1.29 is 12.8 Å². The topological polar surface area (TPSA) is 71.3 Å². The van der Waals surface area contributed by atoms with Crippen LogP contribution < -0.4 is 10.0 Å². The highest BCUT2D eigenvalue weighted by atomic mass is 32.2. The van der Waals surface area contributed by atoms with Gasteiger partial charge in [0, 0.05) is 6.54 Å². The smallest absolute Gasteiger partial charge is 0.274 e. The Morgan fingerprint density at radius 2 is 2.11 bits per heavy atom. The molecule has 0 saturated heterocycles. The van der Waals surface area contributed by atoms with Crippen LogP contribution >= 0.6 is 0 Å².